The molecule has 1 aliphatic carbocycles. The number of benzene rings is 2. The average molecular weight is 449 g/mol. The van der Waals surface area contributed by atoms with Gasteiger partial charge in [0.25, 0.3) is 5.91 Å². The molecule has 1 N–H and O–H groups in total. The van der Waals surface area contributed by atoms with Crippen LogP contribution < -0.4 is 10.1 Å². The summed E-state index contributed by atoms with van der Waals surface area (Å²) in [6.07, 6.45) is 5.86. The zero-order valence-electron chi connectivity index (χ0n) is 17.9. The Kier molecular flexibility index (Phi) is 5.37. The molecule has 168 valence electrons. The lowest BCUT2D eigenvalue weighted by molar-refractivity contribution is 0.102. The van der Waals surface area contributed by atoms with Crippen LogP contribution in [0.1, 0.15) is 34.0 Å². The minimum Gasteiger partial charge on any atom is -0.486 e. The topological polar surface area (TPSA) is 74.0 Å². The van der Waals surface area contributed by atoms with Gasteiger partial charge in [-0.05, 0) is 55.7 Å². The van der Waals surface area contributed by atoms with Crippen LogP contribution in [0.5, 0.6) is 5.75 Å². The summed E-state index contributed by atoms with van der Waals surface area (Å²) in [7, 11) is 1.90. The first-order chi connectivity index (χ1) is 16.0. The van der Waals surface area contributed by atoms with Gasteiger partial charge in [-0.1, -0.05) is 0 Å². The molecule has 9 heteroatoms. The van der Waals surface area contributed by atoms with Gasteiger partial charge in [0.05, 0.1) is 5.69 Å². The van der Waals surface area contributed by atoms with Crippen molar-refractivity contribution < 1.29 is 18.3 Å². The number of halogens is 2. The quantitative estimate of drug-likeness (QED) is 0.479. The minimum absolute atomic E-state index is 0.294. The van der Waals surface area contributed by atoms with Crippen molar-refractivity contribution in [2.24, 2.45) is 7.05 Å². The molecule has 0 aliphatic heterocycles. The number of anilines is 1. The summed E-state index contributed by atoms with van der Waals surface area (Å²) in [6, 6.07) is 10.6. The Morgan fingerprint density at radius 2 is 1.94 bits per heavy atom. The number of nitrogens with zero attached hydrogens (tertiary/aromatic N) is 4. The predicted molar refractivity (Wildman–Crippen MR) is 117 cm³/mol. The van der Waals surface area contributed by atoms with Crippen LogP contribution in [0.2, 0.25) is 0 Å². The van der Waals surface area contributed by atoms with E-state index in [9.17, 15) is 13.6 Å². The number of aromatic nitrogens is 4. The van der Waals surface area contributed by atoms with Crippen LogP contribution >= 0.6 is 0 Å². The average Bonchev–Trinajstić information content (AvgIpc) is 3.52. The SMILES string of the molecule is Cn1ccnc1COc1ccc(NC(=O)c2nn(-c3ccc(F)c(F)c3)c3c2CCC3)cc1. The molecule has 0 saturated carbocycles. The van der Waals surface area contributed by atoms with E-state index in [1.54, 1.807) is 30.5 Å². The van der Waals surface area contributed by atoms with E-state index in [4.69, 9.17) is 4.74 Å². The molecule has 0 saturated heterocycles. The molecule has 0 atom stereocenters. The molecule has 0 radical (unpaired) electrons. The number of amides is 1. The predicted octanol–water partition coefficient (Wildman–Crippen LogP) is 4.20. The Morgan fingerprint density at radius 1 is 1.12 bits per heavy atom. The first kappa shape index (κ1) is 20.9. The van der Waals surface area contributed by atoms with E-state index in [2.05, 4.69) is 15.4 Å². The zero-order chi connectivity index (χ0) is 22.9. The monoisotopic (exact) mass is 449 g/mol. The Hall–Kier alpha value is -4.01. The number of nitrogens with one attached hydrogen (secondary N) is 1. The molecule has 0 bridgehead atoms. The third-order valence-corrected chi connectivity index (χ3v) is 5.69. The van der Waals surface area contributed by atoms with Crippen LogP contribution in [0.25, 0.3) is 5.69 Å². The van der Waals surface area contributed by atoms with Crippen LogP contribution in [0.15, 0.2) is 54.9 Å². The Bertz CT molecular complexity index is 1330. The number of rotatable bonds is 6. The van der Waals surface area contributed by atoms with Gasteiger partial charge in [0.2, 0.25) is 0 Å². The van der Waals surface area contributed by atoms with E-state index in [1.807, 2.05) is 17.8 Å². The molecule has 7 nitrogen and oxygen atoms in total. The van der Waals surface area contributed by atoms with Gasteiger partial charge in [0.15, 0.2) is 17.3 Å². The number of hydrogen-bond acceptors (Lipinski definition) is 4. The minimum atomic E-state index is -0.953. The molecule has 2 aromatic carbocycles. The van der Waals surface area contributed by atoms with Crippen LogP contribution in [-0.2, 0) is 26.5 Å². The van der Waals surface area contributed by atoms with Crippen molar-refractivity contribution in [1.29, 1.82) is 0 Å². The zero-order valence-corrected chi connectivity index (χ0v) is 17.9. The number of fused-ring (bicyclic) bond motifs is 1. The van der Waals surface area contributed by atoms with Gasteiger partial charge >= 0.3 is 0 Å². The van der Waals surface area contributed by atoms with E-state index >= 15 is 0 Å². The molecule has 33 heavy (non-hydrogen) atoms. The van der Waals surface area contributed by atoms with Gasteiger partial charge in [-0.2, -0.15) is 5.10 Å². The standard InChI is InChI=1S/C24H21F2N5O2/c1-30-12-11-27-22(30)14-33-17-8-5-15(6-9-17)28-24(32)23-18-3-2-4-21(18)31(29-23)16-7-10-19(25)20(26)13-16/h5-13H,2-4,14H2,1H3,(H,28,32). The summed E-state index contributed by atoms with van der Waals surface area (Å²) >= 11 is 0. The van der Waals surface area contributed by atoms with Crippen molar-refractivity contribution in [3.8, 4) is 11.4 Å². The maximum Gasteiger partial charge on any atom is 0.276 e. The number of hydrogen-bond donors (Lipinski definition) is 1. The van der Waals surface area contributed by atoms with Crippen molar-refractivity contribution >= 4 is 11.6 Å². The maximum absolute atomic E-state index is 13.7. The normalized spacial score (nSPS) is 12.6. The van der Waals surface area contributed by atoms with Crippen LogP contribution in [0.4, 0.5) is 14.5 Å². The lowest BCUT2D eigenvalue weighted by atomic mass is 10.2. The highest BCUT2D eigenvalue weighted by atomic mass is 19.2. The molecule has 1 amide bonds. The summed E-state index contributed by atoms with van der Waals surface area (Å²) in [5.41, 5.74) is 2.97. The van der Waals surface area contributed by atoms with Crippen molar-refractivity contribution in [1.82, 2.24) is 19.3 Å². The smallest absolute Gasteiger partial charge is 0.276 e. The van der Waals surface area contributed by atoms with Gasteiger partial charge in [-0.25, -0.2) is 18.4 Å². The summed E-state index contributed by atoms with van der Waals surface area (Å²) in [5, 5.41) is 7.29. The molecule has 2 aromatic heterocycles. The number of ether oxygens (including phenoxy) is 1. The summed E-state index contributed by atoms with van der Waals surface area (Å²) in [6.45, 7) is 0.336. The van der Waals surface area contributed by atoms with Crippen molar-refractivity contribution in [2.45, 2.75) is 25.9 Å². The van der Waals surface area contributed by atoms with E-state index < -0.39 is 11.6 Å². The molecule has 4 aromatic rings. The van der Waals surface area contributed by atoms with E-state index in [-0.39, 0.29) is 5.91 Å². The number of imidazole rings is 1. The van der Waals surface area contributed by atoms with E-state index in [1.165, 1.54) is 10.7 Å². The largest absolute Gasteiger partial charge is 0.486 e. The van der Waals surface area contributed by atoms with E-state index in [0.29, 0.717) is 35.8 Å². The molecule has 0 fully saturated rings. The Morgan fingerprint density at radius 3 is 2.67 bits per heavy atom. The fourth-order valence-electron chi connectivity index (χ4n) is 3.96. The second-order valence-electron chi connectivity index (χ2n) is 7.86. The third-order valence-electron chi connectivity index (χ3n) is 5.69. The molecular weight excluding hydrogens is 428 g/mol. The molecule has 5 rings (SSSR count). The Balaban J connectivity index is 1.32. The van der Waals surface area contributed by atoms with Crippen molar-refractivity contribution in [3.63, 3.8) is 0 Å². The van der Waals surface area contributed by atoms with Crippen molar-refractivity contribution in [2.75, 3.05) is 5.32 Å². The van der Waals surface area contributed by atoms with Gasteiger partial charge < -0.3 is 14.6 Å². The molecular formula is C24H21F2N5O2. The fraction of sp³-hybridized carbons (Fsp3) is 0.208. The fourth-order valence-corrected chi connectivity index (χ4v) is 3.96. The van der Waals surface area contributed by atoms with Crippen LogP contribution in [0, 0.1) is 11.6 Å². The molecule has 1 aliphatic rings. The van der Waals surface area contributed by atoms with Crippen molar-refractivity contribution in [3.05, 3.63) is 89.3 Å². The summed E-state index contributed by atoms with van der Waals surface area (Å²) in [5.74, 6) is -0.771. The molecule has 2 heterocycles. The van der Waals surface area contributed by atoms with Crippen LogP contribution in [-0.4, -0.2) is 25.2 Å². The van der Waals surface area contributed by atoms with Gasteiger partial charge in [0.1, 0.15) is 18.2 Å². The number of carbonyl (C=O) groups excluding carboxylic acids is 1. The van der Waals surface area contributed by atoms with Gasteiger partial charge in [0, 0.05) is 42.5 Å². The molecule has 0 unspecified atom stereocenters. The highest BCUT2D eigenvalue weighted by Crippen LogP contribution is 2.29. The highest BCUT2D eigenvalue weighted by Gasteiger charge is 2.27. The van der Waals surface area contributed by atoms with Crippen LogP contribution in [0.3, 0.4) is 0 Å². The first-order valence-corrected chi connectivity index (χ1v) is 10.6. The Labute approximate surface area is 188 Å². The van der Waals surface area contributed by atoms with E-state index in [0.717, 1.165) is 42.1 Å². The third kappa shape index (κ3) is 4.09. The lowest BCUT2D eigenvalue weighted by Gasteiger charge is -2.08. The van der Waals surface area contributed by atoms with Gasteiger partial charge in [-0.3, -0.25) is 4.79 Å². The molecule has 0 spiro atoms. The number of carbonyl (C=O) groups is 1. The van der Waals surface area contributed by atoms with Gasteiger partial charge in [-0.15, -0.1) is 0 Å². The highest BCUT2D eigenvalue weighted by molar-refractivity contribution is 6.04. The lowest BCUT2D eigenvalue weighted by Crippen LogP contribution is -2.15. The second-order valence-corrected chi connectivity index (χ2v) is 7.86. The summed E-state index contributed by atoms with van der Waals surface area (Å²) in [4.78, 5) is 17.2. The first-order valence-electron chi connectivity index (χ1n) is 10.6. The summed E-state index contributed by atoms with van der Waals surface area (Å²) < 4.78 is 36.2. The maximum atomic E-state index is 13.7. The second kappa shape index (κ2) is 8.50. The number of aryl methyl sites for hydroxylation is 1.